The molecule has 1 aromatic carbocycles. The molecule has 2 aliphatic rings. The van der Waals surface area contributed by atoms with Crippen molar-refractivity contribution in [2.24, 2.45) is 0 Å². The summed E-state index contributed by atoms with van der Waals surface area (Å²) in [5.41, 5.74) is 0.284. The molecule has 6 heteroatoms. The fourth-order valence-corrected chi connectivity index (χ4v) is 2.56. The van der Waals surface area contributed by atoms with Gasteiger partial charge in [-0.25, -0.2) is 0 Å². The number of hydrogen-bond acceptors (Lipinski definition) is 4. The van der Waals surface area contributed by atoms with Crippen molar-refractivity contribution in [3.63, 3.8) is 0 Å². The van der Waals surface area contributed by atoms with Gasteiger partial charge in [0.1, 0.15) is 5.75 Å². The Morgan fingerprint density at radius 3 is 2.63 bits per heavy atom. The molecule has 3 rings (SSSR count). The summed E-state index contributed by atoms with van der Waals surface area (Å²) in [5.74, 6) is -1.15. The molecule has 19 heavy (non-hydrogen) atoms. The lowest BCUT2D eigenvalue weighted by Gasteiger charge is -2.29. The van der Waals surface area contributed by atoms with Crippen LogP contribution in [0.4, 0.5) is 0 Å². The summed E-state index contributed by atoms with van der Waals surface area (Å²) >= 11 is 0. The number of piperidine rings is 1. The molecule has 0 radical (unpaired) electrons. The first-order valence-corrected chi connectivity index (χ1v) is 6.06. The van der Waals surface area contributed by atoms with E-state index < -0.39 is 11.8 Å². The standard InChI is InChI=1S/C13H12N2O4/c16-9-3-1-2-8-11(9)13(19)15(12(8)18)7-4-5-10(17)14-6-7/h1-3,7,16H,4-6H2,(H,14,17). The monoisotopic (exact) mass is 260 g/mol. The molecule has 0 saturated carbocycles. The second kappa shape index (κ2) is 4.08. The number of rotatable bonds is 1. The molecule has 98 valence electrons. The van der Waals surface area contributed by atoms with E-state index in [1.54, 1.807) is 0 Å². The van der Waals surface area contributed by atoms with Crippen LogP contribution in [-0.2, 0) is 4.79 Å². The highest BCUT2D eigenvalue weighted by Gasteiger charge is 2.42. The van der Waals surface area contributed by atoms with Crippen molar-refractivity contribution in [2.45, 2.75) is 18.9 Å². The summed E-state index contributed by atoms with van der Waals surface area (Å²) in [5, 5.41) is 12.4. The smallest absolute Gasteiger partial charge is 0.265 e. The number of phenolic OH excluding ortho intramolecular Hbond substituents is 1. The zero-order chi connectivity index (χ0) is 13.6. The summed E-state index contributed by atoms with van der Waals surface area (Å²) in [4.78, 5) is 36.7. The number of nitrogens with one attached hydrogen (secondary N) is 1. The highest BCUT2D eigenvalue weighted by atomic mass is 16.3. The first-order valence-electron chi connectivity index (χ1n) is 6.06. The van der Waals surface area contributed by atoms with E-state index in [2.05, 4.69) is 5.32 Å². The Labute approximate surface area is 109 Å². The number of benzene rings is 1. The first-order chi connectivity index (χ1) is 9.09. The van der Waals surface area contributed by atoms with Crippen molar-refractivity contribution in [1.82, 2.24) is 10.2 Å². The maximum Gasteiger partial charge on any atom is 0.265 e. The number of aromatic hydroxyl groups is 1. The minimum atomic E-state index is -0.487. The number of nitrogens with zero attached hydrogens (tertiary/aromatic N) is 1. The number of carbonyl (C=O) groups is 3. The molecule has 1 unspecified atom stereocenters. The van der Waals surface area contributed by atoms with E-state index in [0.29, 0.717) is 12.8 Å². The van der Waals surface area contributed by atoms with E-state index in [1.165, 1.54) is 18.2 Å². The normalized spacial score (nSPS) is 22.4. The van der Waals surface area contributed by atoms with Gasteiger partial charge >= 0.3 is 0 Å². The molecule has 2 N–H and O–H groups in total. The van der Waals surface area contributed by atoms with Crippen LogP contribution >= 0.6 is 0 Å². The Morgan fingerprint density at radius 2 is 2.00 bits per heavy atom. The number of hydrogen-bond donors (Lipinski definition) is 2. The van der Waals surface area contributed by atoms with Gasteiger partial charge < -0.3 is 10.4 Å². The predicted octanol–water partition coefficient (Wildman–Crippen LogP) is 0.267. The van der Waals surface area contributed by atoms with Crippen molar-refractivity contribution in [3.05, 3.63) is 29.3 Å². The van der Waals surface area contributed by atoms with E-state index in [9.17, 15) is 19.5 Å². The highest BCUT2D eigenvalue weighted by molar-refractivity contribution is 6.22. The summed E-state index contributed by atoms with van der Waals surface area (Å²) in [6.07, 6.45) is 0.752. The molecule has 2 aliphatic heterocycles. The molecule has 1 atom stereocenters. The summed E-state index contributed by atoms with van der Waals surface area (Å²) in [6, 6.07) is 4.10. The van der Waals surface area contributed by atoms with Gasteiger partial charge in [-0.1, -0.05) is 6.07 Å². The van der Waals surface area contributed by atoms with Crippen LogP contribution in [0.3, 0.4) is 0 Å². The summed E-state index contributed by atoms with van der Waals surface area (Å²) in [6.45, 7) is 0.269. The van der Waals surface area contributed by atoms with E-state index in [-0.39, 0.29) is 35.4 Å². The van der Waals surface area contributed by atoms with Crippen LogP contribution in [0.25, 0.3) is 0 Å². The van der Waals surface area contributed by atoms with Crippen molar-refractivity contribution >= 4 is 17.7 Å². The third-order valence-corrected chi connectivity index (χ3v) is 3.53. The van der Waals surface area contributed by atoms with Crippen LogP contribution in [0.5, 0.6) is 5.75 Å². The summed E-state index contributed by atoms with van der Waals surface area (Å²) in [7, 11) is 0. The van der Waals surface area contributed by atoms with Gasteiger partial charge in [-0.2, -0.15) is 0 Å². The van der Waals surface area contributed by atoms with Crippen molar-refractivity contribution < 1.29 is 19.5 Å². The number of phenols is 1. The molecular weight excluding hydrogens is 248 g/mol. The lowest BCUT2D eigenvalue weighted by Crippen LogP contribution is -2.50. The molecule has 6 nitrogen and oxygen atoms in total. The first kappa shape index (κ1) is 11.7. The van der Waals surface area contributed by atoms with Crippen molar-refractivity contribution in [1.29, 1.82) is 0 Å². The minimum Gasteiger partial charge on any atom is -0.507 e. The molecule has 1 aromatic rings. The van der Waals surface area contributed by atoms with Gasteiger partial charge in [-0.05, 0) is 18.6 Å². The lowest BCUT2D eigenvalue weighted by atomic mass is 10.1. The van der Waals surface area contributed by atoms with Crippen LogP contribution < -0.4 is 5.32 Å². The molecule has 0 spiro atoms. The number of amides is 3. The molecular formula is C13H12N2O4. The van der Waals surface area contributed by atoms with Crippen LogP contribution in [0.1, 0.15) is 33.6 Å². The molecule has 0 bridgehead atoms. The predicted molar refractivity (Wildman–Crippen MR) is 64.6 cm³/mol. The maximum atomic E-state index is 12.2. The van der Waals surface area contributed by atoms with E-state index >= 15 is 0 Å². The zero-order valence-corrected chi connectivity index (χ0v) is 10.0. The third kappa shape index (κ3) is 1.68. The molecule has 1 fully saturated rings. The highest BCUT2D eigenvalue weighted by Crippen LogP contribution is 2.32. The van der Waals surface area contributed by atoms with Gasteiger partial charge in [0, 0.05) is 13.0 Å². The van der Waals surface area contributed by atoms with Crippen molar-refractivity contribution in [2.75, 3.05) is 6.54 Å². The summed E-state index contributed by atoms with van der Waals surface area (Å²) < 4.78 is 0. The van der Waals surface area contributed by atoms with Crippen LogP contribution in [-0.4, -0.2) is 40.3 Å². The SMILES string of the molecule is O=C1CCC(N2C(=O)c3cccc(O)c3C2=O)CN1. The fourth-order valence-electron chi connectivity index (χ4n) is 2.56. The van der Waals surface area contributed by atoms with Gasteiger partial charge in [0.2, 0.25) is 5.91 Å². The number of fused-ring (bicyclic) bond motifs is 1. The quantitative estimate of drug-likeness (QED) is 0.709. The average molecular weight is 260 g/mol. The Morgan fingerprint density at radius 1 is 1.21 bits per heavy atom. The third-order valence-electron chi connectivity index (χ3n) is 3.53. The average Bonchev–Trinajstić information content (AvgIpc) is 2.65. The maximum absolute atomic E-state index is 12.2. The van der Waals surface area contributed by atoms with Crippen molar-refractivity contribution in [3.8, 4) is 5.75 Å². The van der Waals surface area contributed by atoms with Gasteiger partial charge in [-0.3, -0.25) is 19.3 Å². The minimum absolute atomic E-state index is 0.0596. The number of carbonyl (C=O) groups excluding carboxylic acids is 3. The Balaban J connectivity index is 1.94. The van der Waals surface area contributed by atoms with Gasteiger partial charge in [0.25, 0.3) is 11.8 Å². The molecule has 0 aromatic heterocycles. The molecule has 0 aliphatic carbocycles. The fraction of sp³-hybridized carbons (Fsp3) is 0.308. The Hall–Kier alpha value is -2.37. The van der Waals surface area contributed by atoms with Crippen LogP contribution in [0, 0.1) is 0 Å². The van der Waals surface area contributed by atoms with Crippen LogP contribution in [0.15, 0.2) is 18.2 Å². The number of imide groups is 1. The topological polar surface area (TPSA) is 86.7 Å². The van der Waals surface area contributed by atoms with E-state index in [1.807, 2.05) is 0 Å². The molecule has 2 heterocycles. The largest absolute Gasteiger partial charge is 0.507 e. The van der Waals surface area contributed by atoms with Crippen LogP contribution in [0.2, 0.25) is 0 Å². The van der Waals surface area contributed by atoms with E-state index in [4.69, 9.17) is 0 Å². The lowest BCUT2D eigenvalue weighted by molar-refractivity contribution is -0.123. The second-order valence-corrected chi connectivity index (χ2v) is 4.68. The van der Waals surface area contributed by atoms with Gasteiger partial charge in [0.15, 0.2) is 0 Å². The Bertz CT molecular complexity index is 586. The van der Waals surface area contributed by atoms with Gasteiger partial charge in [0.05, 0.1) is 17.2 Å². The molecule has 3 amide bonds. The molecule has 1 saturated heterocycles. The zero-order valence-electron chi connectivity index (χ0n) is 10.0. The van der Waals surface area contributed by atoms with E-state index in [0.717, 1.165) is 4.90 Å². The van der Waals surface area contributed by atoms with Gasteiger partial charge in [-0.15, -0.1) is 0 Å². The second-order valence-electron chi connectivity index (χ2n) is 4.68. The Kier molecular flexibility index (Phi) is 2.51.